The van der Waals surface area contributed by atoms with E-state index in [4.69, 9.17) is 0 Å². The van der Waals surface area contributed by atoms with Gasteiger partial charge in [0.25, 0.3) is 0 Å². The zero-order valence-corrected chi connectivity index (χ0v) is 12.9. The minimum Gasteiger partial charge on any atom is -0.353 e. The van der Waals surface area contributed by atoms with Gasteiger partial charge in [-0.15, -0.1) is 0 Å². The fraction of sp³-hybridized carbons (Fsp3) is 0.200. The molecule has 3 aromatic rings. The first-order valence-corrected chi connectivity index (χ1v) is 7.24. The summed E-state index contributed by atoms with van der Waals surface area (Å²) in [6, 6.07) is 12.7. The van der Waals surface area contributed by atoms with Gasteiger partial charge in [0.15, 0.2) is 5.65 Å². The predicted molar refractivity (Wildman–Crippen MR) is 83.9 cm³/mol. The monoisotopic (exact) mass is 330 g/mol. The molecule has 0 fully saturated rings. The highest BCUT2D eigenvalue weighted by atomic mass is 79.9. The Bertz CT molecular complexity index is 723. The molecule has 4 nitrogen and oxygen atoms in total. The summed E-state index contributed by atoms with van der Waals surface area (Å²) in [5.41, 5.74) is 2.10. The summed E-state index contributed by atoms with van der Waals surface area (Å²) in [5, 5.41) is 4.21. The molecule has 102 valence electrons. The number of benzene rings is 1. The maximum atomic E-state index is 4.66. The lowest BCUT2D eigenvalue weighted by atomic mass is 10.1. The van der Waals surface area contributed by atoms with Crippen LogP contribution in [0.25, 0.3) is 5.65 Å². The first-order chi connectivity index (χ1) is 9.66. The number of anilines is 1. The molecule has 1 aromatic carbocycles. The van der Waals surface area contributed by atoms with Crippen molar-refractivity contribution in [2.75, 3.05) is 11.9 Å². The van der Waals surface area contributed by atoms with Gasteiger partial charge in [-0.3, -0.25) is 0 Å². The first kappa shape index (κ1) is 13.1. The first-order valence-electron chi connectivity index (χ1n) is 6.44. The maximum absolute atomic E-state index is 4.66. The lowest BCUT2D eigenvalue weighted by Crippen LogP contribution is -2.22. The van der Waals surface area contributed by atoms with Gasteiger partial charge in [-0.2, -0.15) is 5.10 Å². The second-order valence-electron chi connectivity index (χ2n) is 4.74. The highest BCUT2D eigenvalue weighted by Gasteiger charge is 2.14. The molecule has 0 unspecified atom stereocenters. The van der Waals surface area contributed by atoms with Crippen molar-refractivity contribution in [3.05, 3.63) is 58.8 Å². The van der Waals surface area contributed by atoms with Crippen molar-refractivity contribution < 1.29 is 0 Å². The van der Waals surface area contributed by atoms with Crippen LogP contribution in [0.5, 0.6) is 0 Å². The average molecular weight is 331 g/mol. The Kier molecular flexibility index (Phi) is 3.44. The molecule has 1 atom stereocenters. The number of fused-ring (bicyclic) bond motifs is 1. The fourth-order valence-corrected chi connectivity index (χ4v) is 2.54. The highest BCUT2D eigenvalue weighted by molar-refractivity contribution is 9.10. The predicted octanol–water partition coefficient (Wildman–Crippen LogP) is 3.69. The fourth-order valence-electron chi connectivity index (χ4n) is 2.18. The van der Waals surface area contributed by atoms with E-state index in [9.17, 15) is 0 Å². The number of aromatic nitrogens is 3. The van der Waals surface area contributed by atoms with Gasteiger partial charge in [-0.1, -0.05) is 30.3 Å². The van der Waals surface area contributed by atoms with E-state index in [-0.39, 0.29) is 6.04 Å². The Hall–Kier alpha value is -1.88. The number of hydrogen-bond donors (Lipinski definition) is 0. The molecule has 0 N–H and O–H groups in total. The summed E-state index contributed by atoms with van der Waals surface area (Å²) in [5.74, 6) is 0.926. The van der Waals surface area contributed by atoms with E-state index < -0.39 is 0 Å². The lowest BCUT2D eigenvalue weighted by Gasteiger charge is -2.26. The van der Waals surface area contributed by atoms with E-state index >= 15 is 0 Å². The molecular formula is C15H15BrN4. The summed E-state index contributed by atoms with van der Waals surface area (Å²) in [6.07, 6.45) is 3.68. The topological polar surface area (TPSA) is 33.4 Å². The van der Waals surface area contributed by atoms with E-state index in [2.05, 4.69) is 69.1 Å². The largest absolute Gasteiger partial charge is 0.353 e. The van der Waals surface area contributed by atoms with Crippen molar-refractivity contribution in [2.24, 2.45) is 0 Å². The molecule has 2 heterocycles. The van der Waals surface area contributed by atoms with Crippen LogP contribution in [-0.4, -0.2) is 21.6 Å². The number of nitrogens with zero attached hydrogens (tertiary/aromatic N) is 4. The molecule has 0 radical (unpaired) electrons. The smallest absolute Gasteiger partial charge is 0.171 e. The zero-order chi connectivity index (χ0) is 14.1. The van der Waals surface area contributed by atoms with Gasteiger partial charge in [0.2, 0.25) is 0 Å². The standard InChI is InChI=1S/C15H15BrN4/c1-11(12-6-4-3-5-7-12)19(2)14-8-9-20-15(18-14)13(16)10-17-20/h3-11H,1-2H3/t11-/m1/s1. The van der Waals surface area contributed by atoms with Gasteiger partial charge in [0.05, 0.1) is 16.7 Å². The Labute approximate surface area is 126 Å². The van der Waals surface area contributed by atoms with Gasteiger partial charge >= 0.3 is 0 Å². The third-order valence-electron chi connectivity index (χ3n) is 3.54. The normalized spacial score (nSPS) is 12.6. The second-order valence-corrected chi connectivity index (χ2v) is 5.60. The van der Waals surface area contributed by atoms with Crippen molar-refractivity contribution in [3.8, 4) is 0 Å². The van der Waals surface area contributed by atoms with Gasteiger partial charge in [0, 0.05) is 13.2 Å². The molecule has 0 aliphatic carbocycles. The van der Waals surface area contributed by atoms with E-state index in [1.54, 1.807) is 10.7 Å². The van der Waals surface area contributed by atoms with Crippen LogP contribution in [0.2, 0.25) is 0 Å². The van der Waals surface area contributed by atoms with Crippen LogP contribution in [0.4, 0.5) is 5.82 Å². The summed E-state index contributed by atoms with van der Waals surface area (Å²) in [7, 11) is 2.06. The highest BCUT2D eigenvalue weighted by Crippen LogP contribution is 2.25. The molecule has 0 saturated heterocycles. The SMILES string of the molecule is C[C@H](c1ccccc1)N(C)c1ccn2ncc(Br)c2n1. The van der Waals surface area contributed by atoms with Crippen molar-refractivity contribution in [2.45, 2.75) is 13.0 Å². The molecule has 0 spiro atoms. The Balaban J connectivity index is 1.95. The average Bonchev–Trinajstić information content (AvgIpc) is 2.87. The van der Waals surface area contributed by atoms with Crippen LogP contribution in [0.15, 0.2) is 53.3 Å². The van der Waals surface area contributed by atoms with Crippen molar-refractivity contribution in [3.63, 3.8) is 0 Å². The summed E-state index contributed by atoms with van der Waals surface area (Å²) in [6.45, 7) is 2.17. The molecule has 0 bridgehead atoms. The Morgan fingerprint density at radius 1 is 1.20 bits per heavy atom. The molecule has 0 saturated carbocycles. The van der Waals surface area contributed by atoms with Crippen molar-refractivity contribution in [1.82, 2.24) is 14.6 Å². The maximum Gasteiger partial charge on any atom is 0.171 e. The van der Waals surface area contributed by atoms with Gasteiger partial charge in [-0.25, -0.2) is 9.50 Å². The van der Waals surface area contributed by atoms with Crippen LogP contribution < -0.4 is 4.90 Å². The van der Waals surface area contributed by atoms with Gasteiger partial charge in [0.1, 0.15) is 5.82 Å². The van der Waals surface area contributed by atoms with Crippen molar-refractivity contribution >= 4 is 27.4 Å². The van der Waals surface area contributed by atoms with E-state index in [1.807, 2.05) is 18.3 Å². The van der Waals surface area contributed by atoms with Crippen LogP contribution in [0.1, 0.15) is 18.5 Å². The summed E-state index contributed by atoms with van der Waals surface area (Å²) >= 11 is 3.47. The van der Waals surface area contributed by atoms with E-state index in [1.165, 1.54) is 5.56 Å². The Morgan fingerprint density at radius 3 is 2.70 bits per heavy atom. The second kappa shape index (κ2) is 5.25. The molecule has 5 heteroatoms. The molecule has 3 rings (SSSR count). The van der Waals surface area contributed by atoms with Crippen LogP contribution >= 0.6 is 15.9 Å². The van der Waals surface area contributed by atoms with E-state index in [0.29, 0.717) is 0 Å². The lowest BCUT2D eigenvalue weighted by molar-refractivity contribution is 0.727. The number of hydrogen-bond acceptors (Lipinski definition) is 3. The minimum absolute atomic E-state index is 0.257. The molecule has 0 aliphatic heterocycles. The van der Waals surface area contributed by atoms with Crippen LogP contribution in [0, 0.1) is 0 Å². The van der Waals surface area contributed by atoms with Crippen LogP contribution in [0.3, 0.4) is 0 Å². The molecule has 2 aromatic heterocycles. The van der Waals surface area contributed by atoms with Crippen molar-refractivity contribution in [1.29, 1.82) is 0 Å². The summed E-state index contributed by atoms with van der Waals surface area (Å²) in [4.78, 5) is 6.82. The van der Waals surface area contributed by atoms with Gasteiger partial charge < -0.3 is 4.90 Å². The van der Waals surface area contributed by atoms with E-state index in [0.717, 1.165) is 15.9 Å². The quantitative estimate of drug-likeness (QED) is 0.734. The molecule has 0 aliphatic rings. The third-order valence-corrected chi connectivity index (χ3v) is 4.10. The summed E-state index contributed by atoms with van der Waals surface area (Å²) < 4.78 is 2.66. The van der Waals surface area contributed by atoms with Crippen LogP contribution in [-0.2, 0) is 0 Å². The third kappa shape index (κ3) is 2.29. The zero-order valence-electron chi connectivity index (χ0n) is 11.4. The number of rotatable bonds is 3. The molecule has 20 heavy (non-hydrogen) atoms. The molecular weight excluding hydrogens is 316 g/mol. The van der Waals surface area contributed by atoms with Gasteiger partial charge in [-0.05, 0) is 34.5 Å². The Morgan fingerprint density at radius 2 is 1.95 bits per heavy atom. The molecule has 0 amide bonds. The minimum atomic E-state index is 0.257. The number of halogens is 1.